The molecule has 1 aromatic carbocycles. The Morgan fingerprint density at radius 2 is 1.88 bits per heavy atom. The first kappa shape index (κ1) is 16.9. The van der Waals surface area contributed by atoms with Gasteiger partial charge >= 0.3 is 5.97 Å². The summed E-state index contributed by atoms with van der Waals surface area (Å²) in [6.45, 7) is 3.71. The molecule has 0 unspecified atom stereocenters. The van der Waals surface area contributed by atoms with Gasteiger partial charge in [-0.15, -0.1) is 11.3 Å². The fraction of sp³-hybridized carbons (Fsp3) is 0.400. The Hall–Kier alpha value is -1.94. The van der Waals surface area contributed by atoms with Crippen molar-refractivity contribution in [3.8, 4) is 0 Å². The van der Waals surface area contributed by atoms with Crippen LogP contribution in [0.25, 0.3) is 0 Å². The number of hydrogen-bond donors (Lipinski definition) is 0. The van der Waals surface area contributed by atoms with Crippen LogP contribution in [0.3, 0.4) is 0 Å². The van der Waals surface area contributed by atoms with Gasteiger partial charge in [-0.1, -0.05) is 31.2 Å². The molecular weight excluding hydrogens is 320 g/mol. The lowest BCUT2D eigenvalue weighted by atomic mass is 9.99. The molecule has 1 atom stereocenters. The number of Topliss-reactive ketones (excluding diaryl/α,β-unsaturated/α-hetero) is 1. The first-order valence-electron chi connectivity index (χ1n) is 8.54. The Balaban J connectivity index is 1.66. The Kier molecular flexibility index (Phi) is 5.14. The second-order valence-corrected chi connectivity index (χ2v) is 7.37. The highest BCUT2D eigenvalue weighted by Crippen LogP contribution is 2.30. The summed E-state index contributed by atoms with van der Waals surface area (Å²) in [6.07, 6.45) is 4.61. The van der Waals surface area contributed by atoms with Crippen LogP contribution in [0, 0.1) is 0 Å². The number of carbonyl (C=O) groups excluding carboxylic acids is 2. The summed E-state index contributed by atoms with van der Waals surface area (Å²) in [7, 11) is 0. The lowest BCUT2D eigenvalue weighted by molar-refractivity contribution is 0.0323. The largest absolute Gasteiger partial charge is 0.450 e. The van der Waals surface area contributed by atoms with Crippen molar-refractivity contribution in [2.45, 2.75) is 52.1 Å². The van der Waals surface area contributed by atoms with E-state index in [4.69, 9.17) is 4.74 Å². The number of ketones is 1. The molecule has 0 saturated heterocycles. The molecule has 1 heterocycles. The van der Waals surface area contributed by atoms with Gasteiger partial charge in [0, 0.05) is 10.4 Å². The van der Waals surface area contributed by atoms with Crippen molar-refractivity contribution in [2.24, 2.45) is 0 Å². The van der Waals surface area contributed by atoms with Crippen LogP contribution in [-0.2, 0) is 24.0 Å². The molecule has 126 valence electrons. The molecule has 0 fully saturated rings. The topological polar surface area (TPSA) is 43.4 Å². The predicted octanol–water partition coefficient (Wildman–Crippen LogP) is 4.62. The summed E-state index contributed by atoms with van der Waals surface area (Å²) in [6, 6.07) is 9.42. The van der Waals surface area contributed by atoms with Crippen molar-refractivity contribution in [1.82, 2.24) is 0 Å². The fourth-order valence-electron chi connectivity index (χ4n) is 3.00. The van der Waals surface area contributed by atoms with Gasteiger partial charge in [-0.3, -0.25) is 4.79 Å². The van der Waals surface area contributed by atoms with Crippen molar-refractivity contribution in [3.05, 3.63) is 56.8 Å². The monoisotopic (exact) mass is 342 g/mol. The average molecular weight is 342 g/mol. The first-order valence-corrected chi connectivity index (χ1v) is 9.36. The SMILES string of the molecule is CCc1ccc(C(=O)[C@@H](C)OC(=O)c2cc3c(s2)CCCC3)cc1. The smallest absolute Gasteiger partial charge is 0.349 e. The van der Waals surface area contributed by atoms with Crippen molar-refractivity contribution < 1.29 is 14.3 Å². The van der Waals surface area contributed by atoms with Crippen molar-refractivity contribution in [2.75, 3.05) is 0 Å². The maximum atomic E-state index is 12.4. The van der Waals surface area contributed by atoms with Crippen LogP contribution in [0.15, 0.2) is 30.3 Å². The van der Waals surface area contributed by atoms with E-state index in [2.05, 4.69) is 6.92 Å². The first-order chi connectivity index (χ1) is 11.6. The molecule has 0 saturated carbocycles. The molecule has 3 nitrogen and oxygen atoms in total. The van der Waals surface area contributed by atoms with E-state index in [9.17, 15) is 9.59 Å². The van der Waals surface area contributed by atoms with E-state index < -0.39 is 6.10 Å². The molecule has 0 amide bonds. The van der Waals surface area contributed by atoms with E-state index >= 15 is 0 Å². The molecule has 4 heteroatoms. The fourth-order valence-corrected chi connectivity index (χ4v) is 4.14. The van der Waals surface area contributed by atoms with Crippen LogP contribution in [0.2, 0.25) is 0 Å². The van der Waals surface area contributed by atoms with Gasteiger partial charge in [0.1, 0.15) is 4.88 Å². The highest BCUT2D eigenvalue weighted by molar-refractivity contribution is 7.14. The third-order valence-corrected chi connectivity index (χ3v) is 5.71. The molecular formula is C20H22O3S. The zero-order chi connectivity index (χ0) is 17.1. The zero-order valence-electron chi connectivity index (χ0n) is 14.1. The summed E-state index contributed by atoms with van der Waals surface area (Å²) < 4.78 is 5.41. The van der Waals surface area contributed by atoms with E-state index in [1.54, 1.807) is 19.1 Å². The zero-order valence-corrected chi connectivity index (χ0v) is 14.9. The normalized spacial score (nSPS) is 14.8. The van der Waals surface area contributed by atoms with Gasteiger partial charge < -0.3 is 4.74 Å². The van der Waals surface area contributed by atoms with Crippen LogP contribution >= 0.6 is 11.3 Å². The van der Waals surface area contributed by atoms with E-state index in [0.29, 0.717) is 10.4 Å². The Morgan fingerprint density at radius 1 is 1.17 bits per heavy atom. The number of ether oxygens (including phenoxy) is 1. The number of aryl methyl sites for hydroxylation is 3. The van der Waals surface area contributed by atoms with Crippen LogP contribution in [0.1, 0.15) is 62.7 Å². The van der Waals surface area contributed by atoms with Gasteiger partial charge in [0.25, 0.3) is 0 Å². The highest BCUT2D eigenvalue weighted by atomic mass is 32.1. The minimum absolute atomic E-state index is 0.160. The summed E-state index contributed by atoms with van der Waals surface area (Å²) in [5, 5.41) is 0. The second-order valence-electron chi connectivity index (χ2n) is 6.23. The number of esters is 1. The van der Waals surface area contributed by atoms with Crippen molar-refractivity contribution >= 4 is 23.1 Å². The van der Waals surface area contributed by atoms with E-state index in [1.807, 2.05) is 18.2 Å². The molecule has 1 aliphatic carbocycles. The molecule has 0 aliphatic heterocycles. The Bertz CT molecular complexity index is 719. The molecule has 0 radical (unpaired) electrons. The van der Waals surface area contributed by atoms with Crippen LogP contribution < -0.4 is 0 Å². The standard InChI is InChI=1S/C20H22O3S/c1-3-14-8-10-15(11-9-14)19(21)13(2)23-20(22)18-12-16-6-4-5-7-17(16)24-18/h8-13H,3-7H2,1-2H3/t13-/m1/s1. The number of benzene rings is 1. The maximum Gasteiger partial charge on any atom is 0.349 e. The number of fused-ring (bicyclic) bond motifs is 1. The molecule has 1 aromatic heterocycles. The molecule has 24 heavy (non-hydrogen) atoms. The molecule has 3 rings (SSSR count). The molecule has 1 aliphatic rings. The van der Waals surface area contributed by atoms with Gasteiger partial charge in [0.2, 0.25) is 5.78 Å². The Morgan fingerprint density at radius 3 is 2.54 bits per heavy atom. The quantitative estimate of drug-likeness (QED) is 0.588. The van der Waals surface area contributed by atoms with Crippen molar-refractivity contribution in [3.63, 3.8) is 0 Å². The van der Waals surface area contributed by atoms with E-state index in [0.717, 1.165) is 19.3 Å². The second kappa shape index (κ2) is 7.31. The average Bonchev–Trinajstić information content (AvgIpc) is 3.05. The molecule has 2 aromatic rings. The summed E-state index contributed by atoms with van der Waals surface area (Å²) in [5.74, 6) is -0.548. The van der Waals surface area contributed by atoms with Gasteiger partial charge in [-0.05, 0) is 56.2 Å². The highest BCUT2D eigenvalue weighted by Gasteiger charge is 2.23. The third kappa shape index (κ3) is 3.59. The van der Waals surface area contributed by atoms with Crippen LogP contribution in [0.4, 0.5) is 0 Å². The Labute approximate surface area is 146 Å². The number of carbonyl (C=O) groups is 2. The summed E-state index contributed by atoms with van der Waals surface area (Å²) >= 11 is 1.51. The van der Waals surface area contributed by atoms with Gasteiger partial charge in [-0.25, -0.2) is 4.79 Å². The third-order valence-electron chi connectivity index (χ3n) is 4.50. The van der Waals surface area contributed by atoms with Crippen molar-refractivity contribution in [1.29, 1.82) is 0 Å². The predicted molar refractivity (Wildman–Crippen MR) is 96.0 cm³/mol. The number of hydrogen-bond acceptors (Lipinski definition) is 4. The van der Waals surface area contributed by atoms with E-state index in [1.165, 1.54) is 40.2 Å². The molecule has 0 spiro atoms. The molecule has 0 bridgehead atoms. The van der Waals surface area contributed by atoms with Gasteiger partial charge in [0.05, 0.1) is 0 Å². The summed E-state index contributed by atoms with van der Waals surface area (Å²) in [4.78, 5) is 26.7. The van der Waals surface area contributed by atoms with Gasteiger partial charge in [0.15, 0.2) is 6.10 Å². The van der Waals surface area contributed by atoms with Crippen LogP contribution in [-0.4, -0.2) is 17.9 Å². The number of rotatable bonds is 5. The van der Waals surface area contributed by atoms with E-state index in [-0.39, 0.29) is 11.8 Å². The number of thiophene rings is 1. The maximum absolute atomic E-state index is 12.4. The van der Waals surface area contributed by atoms with Gasteiger partial charge in [-0.2, -0.15) is 0 Å². The van der Waals surface area contributed by atoms with Crippen LogP contribution in [0.5, 0.6) is 0 Å². The molecule has 0 N–H and O–H groups in total. The minimum Gasteiger partial charge on any atom is -0.450 e. The minimum atomic E-state index is -0.774. The summed E-state index contributed by atoms with van der Waals surface area (Å²) in [5.41, 5.74) is 3.03. The lowest BCUT2D eigenvalue weighted by Crippen LogP contribution is -2.24. The lowest BCUT2D eigenvalue weighted by Gasteiger charge is -2.12.